The summed E-state index contributed by atoms with van der Waals surface area (Å²) in [5, 5.41) is 0. The highest BCUT2D eigenvalue weighted by Crippen LogP contribution is 2.32. The number of rotatable bonds is 6. The molecular weight excluding hydrogens is 368 g/mol. The molecule has 1 aromatic rings. The van der Waals surface area contributed by atoms with Crippen LogP contribution in [0.25, 0.3) is 0 Å². The third-order valence-corrected chi connectivity index (χ3v) is 7.38. The Morgan fingerprint density at radius 2 is 1.67 bits per heavy atom. The van der Waals surface area contributed by atoms with Gasteiger partial charge in [-0.3, -0.25) is 9.80 Å². The van der Waals surface area contributed by atoms with Crippen molar-refractivity contribution in [3.63, 3.8) is 0 Å². The molecule has 0 radical (unpaired) electrons. The van der Waals surface area contributed by atoms with Crippen LogP contribution in [-0.2, 0) is 6.54 Å². The van der Waals surface area contributed by atoms with E-state index in [9.17, 15) is 0 Å². The Morgan fingerprint density at radius 1 is 0.833 bits per heavy atom. The number of piperidine rings is 1. The van der Waals surface area contributed by atoms with Crippen molar-refractivity contribution in [1.82, 2.24) is 19.6 Å². The van der Waals surface area contributed by atoms with Crippen LogP contribution in [0.5, 0.6) is 0 Å². The third-order valence-electron chi connectivity index (χ3n) is 7.38. The third kappa shape index (κ3) is 5.09. The summed E-state index contributed by atoms with van der Waals surface area (Å²) in [5.74, 6) is 2.44. The van der Waals surface area contributed by atoms with E-state index < -0.39 is 0 Å². The smallest absolute Gasteiger partial charge is 0.104 e. The van der Waals surface area contributed by atoms with Crippen LogP contribution in [-0.4, -0.2) is 78.0 Å². The van der Waals surface area contributed by atoms with Crippen LogP contribution in [0.15, 0.2) is 54.4 Å². The molecule has 0 amide bonds. The van der Waals surface area contributed by atoms with Gasteiger partial charge in [-0.25, -0.2) is 0 Å². The molecule has 0 N–H and O–H groups in total. The summed E-state index contributed by atoms with van der Waals surface area (Å²) in [4.78, 5) is 10.8. The second kappa shape index (κ2) is 9.57. The molecule has 4 nitrogen and oxygen atoms in total. The van der Waals surface area contributed by atoms with E-state index in [0.29, 0.717) is 0 Å². The molecule has 30 heavy (non-hydrogen) atoms. The van der Waals surface area contributed by atoms with Gasteiger partial charge in [0.25, 0.3) is 0 Å². The van der Waals surface area contributed by atoms with Crippen molar-refractivity contribution in [1.29, 1.82) is 0 Å². The van der Waals surface area contributed by atoms with Gasteiger partial charge in [-0.2, -0.15) is 0 Å². The Bertz CT molecular complexity index is 731. The van der Waals surface area contributed by atoms with E-state index in [0.717, 1.165) is 25.0 Å². The molecule has 0 atom stereocenters. The molecule has 0 unspecified atom stereocenters. The zero-order valence-electron chi connectivity index (χ0n) is 18.5. The van der Waals surface area contributed by atoms with Gasteiger partial charge in [0.2, 0.25) is 0 Å². The molecule has 2 saturated heterocycles. The maximum Gasteiger partial charge on any atom is 0.104 e. The first kappa shape index (κ1) is 20.1. The Labute approximate surface area is 182 Å². The summed E-state index contributed by atoms with van der Waals surface area (Å²) in [5.41, 5.74) is 1.45. The molecule has 0 aromatic heterocycles. The van der Waals surface area contributed by atoms with Crippen LogP contribution in [0.1, 0.15) is 37.7 Å². The number of likely N-dealkylation sites (tertiary alicyclic amines) is 1. The number of nitrogens with zero attached hydrogens (tertiary/aromatic N) is 4. The fourth-order valence-electron chi connectivity index (χ4n) is 5.44. The molecule has 0 bridgehead atoms. The van der Waals surface area contributed by atoms with Crippen molar-refractivity contribution in [2.45, 2.75) is 44.7 Å². The van der Waals surface area contributed by atoms with Gasteiger partial charge in [-0.15, -0.1) is 0 Å². The van der Waals surface area contributed by atoms with E-state index in [2.05, 4.69) is 68.2 Å². The number of allylic oxidation sites excluding steroid dienone is 2. The summed E-state index contributed by atoms with van der Waals surface area (Å²) >= 11 is 0. The van der Waals surface area contributed by atoms with Crippen molar-refractivity contribution in [2.24, 2.45) is 5.92 Å². The lowest BCUT2D eigenvalue weighted by atomic mass is 10.0. The van der Waals surface area contributed by atoms with Crippen LogP contribution in [0, 0.1) is 5.92 Å². The number of hydrogen-bond donors (Lipinski definition) is 0. The highest BCUT2D eigenvalue weighted by Gasteiger charge is 2.30. The molecule has 1 aliphatic carbocycles. The van der Waals surface area contributed by atoms with E-state index in [1.807, 2.05) is 0 Å². The van der Waals surface area contributed by atoms with Crippen molar-refractivity contribution >= 4 is 0 Å². The quantitative estimate of drug-likeness (QED) is 0.713. The topological polar surface area (TPSA) is 13.0 Å². The zero-order chi connectivity index (χ0) is 20.2. The highest BCUT2D eigenvalue weighted by molar-refractivity contribution is 5.18. The Balaban J connectivity index is 1.12. The predicted molar refractivity (Wildman–Crippen MR) is 124 cm³/mol. The molecule has 3 heterocycles. The monoisotopic (exact) mass is 406 g/mol. The Kier molecular flexibility index (Phi) is 6.43. The molecule has 3 aliphatic heterocycles. The second-order valence-corrected chi connectivity index (χ2v) is 9.67. The SMILES string of the molecule is C1=CCN(CC2CC2)C(N2CCCN(C3CCN(Cc4ccccc4)CC3)CC2)=C1. The fourth-order valence-corrected chi connectivity index (χ4v) is 5.44. The predicted octanol–water partition coefficient (Wildman–Crippen LogP) is 3.78. The molecule has 4 aliphatic rings. The Hall–Kier alpha value is -1.78. The van der Waals surface area contributed by atoms with Crippen molar-refractivity contribution in [3.8, 4) is 0 Å². The van der Waals surface area contributed by atoms with E-state index in [4.69, 9.17) is 0 Å². The van der Waals surface area contributed by atoms with Gasteiger partial charge in [-0.05, 0) is 62.8 Å². The van der Waals surface area contributed by atoms with Crippen LogP contribution in [0.2, 0.25) is 0 Å². The standard InChI is InChI=1S/C26H38N4/c1-2-7-23(8-3-1)21-27-17-12-25(13-18-27)28-15-6-16-29(20-19-28)26-9-4-5-14-30(26)22-24-10-11-24/h1-5,7-9,24-25H,6,10-22H2. The normalized spacial score (nSPS) is 24.7. The minimum absolute atomic E-state index is 0.778. The molecule has 0 spiro atoms. The summed E-state index contributed by atoms with van der Waals surface area (Å²) in [6.45, 7) is 10.8. The second-order valence-electron chi connectivity index (χ2n) is 9.67. The van der Waals surface area contributed by atoms with Gasteiger partial charge in [0, 0.05) is 51.9 Å². The number of benzene rings is 1. The van der Waals surface area contributed by atoms with Crippen LogP contribution in [0.3, 0.4) is 0 Å². The fraction of sp³-hybridized carbons (Fsp3) is 0.615. The molecule has 3 fully saturated rings. The first-order chi connectivity index (χ1) is 14.8. The van der Waals surface area contributed by atoms with Gasteiger partial charge >= 0.3 is 0 Å². The van der Waals surface area contributed by atoms with Crippen molar-refractivity contribution < 1.29 is 0 Å². The van der Waals surface area contributed by atoms with Crippen molar-refractivity contribution in [3.05, 3.63) is 59.9 Å². The van der Waals surface area contributed by atoms with Crippen LogP contribution >= 0.6 is 0 Å². The number of hydrogen-bond acceptors (Lipinski definition) is 4. The van der Waals surface area contributed by atoms with Gasteiger partial charge < -0.3 is 9.80 Å². The summed E-state index contributed by atoms with van der Waals surface area (Å²) in [7, 11) is 0. The summed E-state index contributed by atoms with van der Waals surface area (Å²) < 4.78 is 0. The van der Waals surface area contributed by atoms with Crippen LogP contribution < -0.4 is 0 Å². The molecule has 5 rings (SSSR count). The van der Waals surface area contributed by atoms with E-state index in [1.165, 1.54) is 89.3 Å². The lowest BCUT2D eigenvalue weighted by molar-refractivity contribution is 0.106. The molecule has 1 saturated carbocycles. The van der Waals surface area contributed by atoms with Gasteiger partial charge in [-0.1, -0.05) is 42.5 Å². The lowest BCUT2D eigenvalue weighted by Gasteiger charge is -2.39. The molecular formula is C26H38N4. The van der Waals surface area contributed by atoms with E-state index >= 15 is 0 Å². The Morgan fingerprint density at radius 3 is 2.47 bits per heavy atom. The maximum absolute atomic E-state index is 2.81. The molecule has 4 heteroatoms. The summed E-state index contributed by atoms with van der Waals surface area (Å²) in [6.07, 6.45) is 13.8. The van der Waals surface area contributed by atoms with Gasteiger partial charge in [0.05, 0.1) is 0 Å². The van der Waals surface area contributed by atoms with Crippen LogP contribution in [0.4, 0.5) is 0 Å². The summed E-state index contributed by atoms with van der Waals surface area (Å²) in [6, 6.07) is 11.7. The largest absolute Gasteiger partial charge is 0.357 e. The molecule has 162 valence electrons. The minimum Gasteiger partial charge on any atom is -0.357 e. The highest BCUT2D eigenvalue weighted by atomic mass is 15.4. The first-order valence-corrected chi connectivity index (χ1v) is 12.2. The van der Waals surface area contributed by atoms with E-state index in [-0.39, 0.29) is 0 Å². The lowest BCUT2D eigenvalue weighted by Crippen LogP contribution is -2.46. The maximum atomic E-state index is 2.81. The minimum atomic E-state index is 0.778. The van der Waals surface area contributed by atoms with E-state index in [1.54, 1.807) is 0 Å². The van der Waals surface area contributed by atoms with Crippen molar-refractivity contribution in [2.75, 3.05) is 52.4 Å². The van der Waals surface area contributed by atoms with Gasteiger partial charge in [0.15, 0.2) is 0 Å². The average Bonchev–Trinajstić information content (AvgIpc) is 3.62. The first-order valence-electron chi connectivity index (χ1n) is 12.2. The average molecular weight is 407 g/mol. The van der Waals surface area contributed by atoms with Gasteiger partial charge in [0.1, 0.15) is 5.82 Å². The zero-order valence-corrected chi connectivity index (χ0v) is 18.5. The molecule has 1 aromatic carbocycles.